The van der Waals surface area contributed by atoms with Crippen LogP contribution in [0.4, 0.5) is 0 Å². The molecule has 0 saturated heterocycles. The maximum atomic E-state index is 3.55. The maximum Gasteiger partial charge on any atom is 0.0458 e. The van der Waals surface area contributed by atoms with Crippen LogP contribution in [0.25, 0.3) is 16.5 Å². The van der Waals surface area contributed by atoms with Crippen LogP contribution in [-0.2, 0) is 0 Å². The van der Waals surface area contributed by atoms with Crippen molar-refractivity contribution in [3.05, 3.63) is 78.0 Å². The average Bonchev–Trinajstić information content (AvgIpc) is 3.00. The number of para-hydroxylation sites is 1. The topological polar surface area (TPSA) is 15.8 Å². The van der Waals surface area contributed by atoms with Crippen LogP contribution in [0.1, 0.15) is 36.4 Å². The number of benzene rings is 2. The first-order valence-electron chi connectivity index (χ1n) is 7.72. The molecule has 0 saturated carbocycles. The first kappa shape index (κ1) is 12.5. The minimum absolute atomic E-state index is 0.680. The Kier molecular flexibility index (Phi) is 3.11. The van der Waals surface area contributed by atoms with E-state index in [0.717, 1.165) is 12.8 Å². The number of rotatable bonds is 2. The third-order valence-corrected chi connectivity index (χ3v) is 4.56. The van der Waals surface area contributed by atoms with Gasteiger partial charge in [-0.25, -0.2) is 0 Å². The minimum Gasteiger partial charge on any atom is -0.355 e. The largest absolute Gasteiger partial charge is 0.355 e. The second-order valence-electron chi connectivity index (χ2n) is 5.88. The summed E-state index contributed by atoms with van der Waals surface area (Å²) in [5.41, 5.74) is 5.48. The van der Waals surface area contributed by atoms with Gasteiger partial charge in [0.15, 0.2) is 0 Å². The molecule has 1 atom stereocenters. The van der Waals surface area contributed by atoms with Gasteiger partial charge in [0.1, 0.15) is 0 Å². The lowest BCUT2D eigenvalue weighted by molar-refractivity contribution is 0.625. The SMILES string of the molecule is C1=C(c2cc3ccccc3[nH]2)CCC(c2ccccc2)C1. The van der Waals surface area contributed by atoms with Crippen molar-refractivity contribution in [2.75, 3.05) is 0 Å². The Bertz CT molecular complexity index is 747. The van der Waals surface area contributed by atoms with Crippen LogP contribution in [-0.4, -0.2) is 4.98 Å². The zero-order valence-corrected chi connectivity index (χ0v) is 12.0. The third-order valence-electron chi connectivity index (χ3n) is 4.56. The molecule has 0 spiro atoms. The van der Waals surface area contributed by atoms with Crippen LogP contribution >= 0.6 is 0 Å². The summed E-state index contributed by atoms with van der Waals surface area (Å²) in [7, 11) is 0. The molecule has 21 heavy (non-hydrogen) atoms. The summed E-state index contributed by atoms with van der Waals surface area (Å²) >= 11 is 0. The smallest absolute Gasteiger partial charge is 0.0458 e. The minimum atomic E-state index is 0.680. The van der Waals surface area contributed by atoms with E-state index in [1.54, 1.807) is 0 Å². The molecule has 3 aromatic rings. The van der Waals surface area contributed by atoms with Crippen molar-refractivity contribution in [3.63, 3.8) is 0 Å². The monoisotopic (exact) mass is 273 g/mol. The van der Waals surface area contributed by atoms with Gasteiger partial charge in [-0.3, -0.25) is 0 Å². The fourth-order valence-electron chi connectivity index (χ4n) is 3.35. The molecule has 0 fully saturated rings. The number of allylic oxidation sites excluding steroid dienone is 2. The van der Waals surface area contributed by atoms with E-state index in [9.17, 15) is 0 Å². The molecule has 0 aliphatic heterocycles. The van der Waals surface area contributed by atoms with Crippen LogP contribution in [0.3, 0.4) is 0 Å². The second kappa shape index (κ2) is 5.25. The molecule has 0 radical (unpaired) electrons. The predicted octanol–water partition coefficient (Wildman–Crippen LogP) is 5.52. The molecule has 0 amide bonds. The van der Waals surface area contributed by atoms with E-state index in [-0.39, 0.29) is 0 Å². The molecule has 104 valence electrons. The van der Waals surface area contributed by atoms with Gasteiger partial charge in [0, 0.05) is 11.2 Å². The standard InChI is InChI=1S/C20H19N/c1-2-6-15(7-3-1)16-10-12-17(13-11-16)20-14-18-8-4-5-9-19(18)21-20/h1-9,12,14,16,21H,10-11,13H2. The van der Waals surface area contributed by atoms with Gasteiger partial charge in [0.05, 0.1) is 0 Å². The molecule has 0 bridgehead atoms. The number of nitrogens with one attached hydrogen (secondary N) is 1. The summed E-state index contributed by atoms with van der Waals surface area (Å²) in [4.78, 5) is 3.55. The number of hydrogen-bond acceptors (Lipinski definition) is 0. The molecule has 1 aliphatic rings. The van der Waals surface area contributed by atoms with E-state index in [2.05, 4.69) is 71.7 Å². The third kappa shape index (κ3) is 2.40. The Labute approximate surface area is 125 Å². The van der Waals surface area contributed by atoms with Crippen molar-refractivity contribution in [3.8, 4) is 0 Å². The predicted molar refractivity (Wildman–Crippen MR) is 89.3 cm³/mol. The highest BCUT2D eigenvalue weighted by Gasteiger charge is 2.17. The van der Waals surface area contributed by atoms with E-state index < -0.39 is 0 Å². The van der Waals surface area contributed by atoms with E-state index in [0.29, 0.717) is 5.92 Å². The number of aromatic amines is 1. The molecule has 1 heteroatoms. The van der Waals surface area contributed by atoms with E-state index >= 15 is 0 Å². The molecule has 1 aromatic heterocycles. The van der Waals surface area contributed by atoms with Crippen LogP contribution in [0, 0.1) is 0 Å². The van der Waals surface area contributed by atoms with Crippen molar-refractivity contribution in [2.45, 2.75) is 25.2 Å². The molecule has 1 aliphatic carbocycles. The van der Waals surface area contributed by atoms with Crippen molar-refractivity contribution in [1.82, 2.24) is 4.98 Å². The molecule has 1 N–H and O–H groups in total. The van der Waals surface area contributed by atoms with Crippen LogP contribution < -0.4 is 0 Å². The summed E-state index contributed by atoms with van der Waals surface area (Å²) in [6.45, 7) is 0. The quantitative estimate of drug-likeness (QED) is 0.633. The molecular weight excluding hydrogens is 254 g/mol. The van der Waals surface area contributed by atoms with Crippen molar-refractivity contribution in [1.29, 1.82) is 0 Å². The lowest BCUT2D eigenvalue weighted by Gasteiger charge is -2.21. The zero-order valence-electron chi connectivity index (χ0n) is 12.0. The number of aromatic nitrogens is 1. The Morgan fingerprint density at radius 1 is 0.905 bits per heavy atom. The highest BCUT2D eigenvalue weighted by molar-refractivity contribution is 5.84. The average molecular weight is 273 g/mol. The van der Waals surface area contributed by atoms with Gasteiger partial charge >= 0.3 is 0 Å². The van der Waals surface area contributed by atoms with Crippen molar-refractivity contribution in [2.24, 2.45) is 0 Å². The lowest BCUT2D eigenvalue weighted by atomic mass is 9.84. The van der Waals surface area contributed by atoms with E-state index in [1.807, 2.05) is 0 Å². The van der Waals surface area contributed by atoms with Crippen LogP contribution in [0.5, 0.6) is 0 Å². The Morgan fingerprint density at radius 3 is 2.48 bits per heavy atom. The van der Waals surface area contributed by atoms with Crippen molar-refractivity contribution >= 4 is 16.5 Å². The van der Waals surface area contributed by atoms with Gasteiger partial charge in [-0.1, -0.05) is 54.6 Å². The van der Waals surface area contributed by atoms with Gasteiger partial charge in [-0.2, -0.15) is 0 Å². The molecule has 1 heterocycles. The normalized spacial score (nSPS) is 18.7. The molecular formula is C20H19N. The van der Waals surface area contributed by atoms with Gasteiger partial charge in [-0.15, -0.1) is 0 Å². The van der Waals surface area contributed by atoms with Gasteiger partial charge in [-0.05, 0) is 53.8 Å². The Hall–Kier alpha value is -2.28. The number of hydrogen-bond donors (Lipinski definition) is 1. The van der Waals surface area contributed by atoms with Gasteiger partial charge in [0.2, 0.25) is 0 Å². The first-order chi connectivity index (χ1) is 10.4. The summed E-state index contributed by atoms with van der Waals surface area (Å²) in [5.74, 6) is 0.680. The molecule has 1 unspecified atom stereocenters. The molecule has 4 rings (SSSR count). The van der Waals surface area contributed by atoms with E-state index in [4.69, 9.17) is 0 Å². The van der Waals surface area contributed by atoms with E-state index in [1.165, 1.54) is 34.2 Å². The number of H-pyrrole nitrogens is 1. The highest BCUT2D eigenvalue weighted by Crippen LogP contribution is 2.36. The summed E-state index contributed by atoms with van der Waals surface area (Å²) in [6, 6.07) is 21.7. The fourth-order valence-corrected chi connectivity index (χ4v) is 3.35. The summed E-state index contributed by atoms with van der Waals surface area (Å²) < 4.78 is 0. The summed E-state index contributed by atoms with van der Waals surface area (Å²) in [5, 5.41) is 1.30. The second-order valence-corrected chi connectivity index (χ2v) is 5.88. The van der Waals surface area contributed by atoms with Crippen LogP contribution in [0.15, 0.2) is 66.7 Å². The summed E-state index contributed by atoms with van der Waals surface area (Å²) in [6.07, 6.45) is 5.97. The van der Waals surface area contributed by atoms with Crippen molar-refractivity contribution < 1.29 is 0 Å². The Balaban J connectivity index is 1.59. The Morgan fingerprint density at radius 2 is 1.71 bits per heavy atom. The lowest BCUT2D eigenvalue weighted by Crippen LogP contribution is -2.04. The van der Waals surface area contributed by atoms with Gasteiger partial charge in [0.25, 0.3) is 0 Å². The number of fused-ring (bicyclic) bond motifs is 1. The maximum absolute atomic E-state index is 3.55. The molecule has 1 nitrogen and oxygen atoms in total. The highest BCUT2D eigenvalue weighted by atomic mass is 14.7. The molecule has 2 aromatic carbocycles. The van der Waals surface area contributed by atoms with Gasteiger partial charge < -0.3 is 4.98 Å². The zero-order chi connectivity index (χ0) is 14.1. The first-order valence-corrected chi connectivity index (χ1v) is 7.72. The van der Waals surface area contributed by atoms with Crippen LogP contribution in [0.2, 0.25) is 0 Å². The fraction of sp³-hybridized carbons (Fsp3) is 0.200.